The molecule has 3 aliphatic heterocycles. The van der Waals surface area contributed by atoms with E-state index in [9.17, 15) is 14.7 Å². The lowest BCUT2D eigenvalue weighted by atomic mass is 9.95. The van der Waals surface area contributed by atoms with Gasteiger partial charge in [0, 0.05) is 18.6 Å². The van der Waals surface area contributed by atoms with E-state index in [1.54, 1.807) is 36.4 Å². The number of methoxy groups -OCH3 is 2. The Morgan fingerprint density at radius 1 is 1.02 bits per heavy atom. The van der Waals surface area contributed by atoms with Crippen molar-refractivity contribution in [3.8, 4) is 28.7 Å². The van der Waals surface area contributed by atoms with Gasteiger partial charge in [0.25, 0.3) is 0 Å². The fourth-order valence-corrected chi connectivity index (χ4v) is 4.77. The van der Waals surface area contributed by atoms with Crippen LogP contribution < -0.4 is 29.0 Å². The molecule has 2 saturated heterocycles. The van der Waals surface area contributed by atoms with E-state index in [0.717, 1.165) is 0 Å². The molecule has 2 fully saturated rings. The fourth-order valence-electron chi connectivity index (χ4n) is 4.77. The third-order valence-electron chi connectivity index (χ3n) is 6.69. The van der Waals surface area contributed by atoms with Crippen LogP contribution in [-0.4, -0.2) is 81.4 Å². The standard InChI is InChI=1S/C27H31NO12/c1-13(25(30)31)37-24-22(28-14(2)29)27(38-16-6-8-18-20(10-16)36-12-35-18)39-21-11-34-26(40-23(21)24)15-5-7-17(32-3)19(9-15)33-4/h5-10,13,21-24,26-27H,11-12H2,1-4H3,(H,28,29)(H,30,31). The Balaban J connectivity index is 1.44. The van der Waals surface area contributed by atoms with Gasteiger partial charge in [0.15, 0.2) is 35.4 Å². The monoisotopic (exact) mass is 561 g/mol. The summed E-state index contributed by atoms with van der Waals surface area (Å²) in [5.74, 6) is 0.891. The summed E-state index contributed by atoms with van der Waals surface area (Å²) in [6.45, 7) is 2.89. The summed E-state index contributed by atoms with van der Waals surface area (Å²) in [5.41, 5.74) is 0.635. The molecule has 2 aromatic carbocycles. The van der Waals surface area contributed by atoms with Crippen LogP contribution in [0.15, 0.2) is 36.4 Å². The molecule has 3 heterocycles. The van der Waals surface area contributed by atoms with Crippen LogP contribution in [0.25, 0.3) is 0 Å². The highest BCUT2D eigenvalue weighted by atomic mass is 16.8. The van der Waals surface area contributed by atoms with Crippen molar-refractivity contribution in [2.24, 2.45) is 0 Å². The van der Waals surface area contributed by atoms with Crippen LogP contribution in [0.4, 0.5) is 0 Å². The Morgan fingerprint density at radius 2 is 1.80 bits per heavy atom. The Labute approximate surface area is 230 Å². The fraction of sp³-hybridized carbons (Fsp3) is 0.481. The SMILES string of the molecule is COc1ccc(C2OCC3OC(Oc4ccc5c(c4)OCO5)C(NC(C)=O)C(OC(C)C(=O)O)C3O2)cc1OC. The lowest BCUT2D eigenvalue weighted by molar-refractivity contribution is -0.340. The smallest absolute Gasteiger partial charge is 0.332 e. The number of nitrogens with one attached hydrogen (secondary N) is 1. The van der Waals surface area contributed by atoms with Crippen LogP contribution in [0, 0.1) is 0 Å². The summed E-state index contributed by atoms with van der Waals surface area (Å²) in [4.78, 5) is 24.1. The quantitative estimate of drug-likeness (QED) is 0.461. The highest BCUT2D eigenvalue weighted by Crippen LogP contribution is 2.40. The first kappa shape index (κ1) is 27.8. The Hall–Kier alpha value is -3.78. The molecule has 0 radical (unpaired) electrons. The number of ether oxygens (including phenoxy) is 9. The van der Waals surface area contributed by atoms with E-state index < -0.39 is 54.9 Å². The lowest BCUT2D eigenvalue weighted by Crippen LogP contribution is -2.68. The number of carboxylic acid groups (broad SMARTS) is 1. The van der Waals surface area contributed by atoms with Gasteiger partial charge < -0.3 is 53.1 Å². The second-order valence-corrected chi connectivity index (χ2v) is 9.36. The van der Waals surface area contributed by atoms with Crippen LogP contribution in [0.5, 0.6) is 28.7 Å². The number of carbonyl (C=O) groups is 2. The molecule has 7 unspecified atom stereocenters. The summed E-state index contributed by atoms with van der Waals surface area (Å²) < 4.78 is 52.2. The Kier molecular flexibility index (Phi) is 8.17. The molecule has 7 atom stereocenters. The van der Waals surface area contributed by atoms with Gasteiger partial charge in [0.05, 0.1) is 20.8 Å². The number of hydrogen-bond acceptors (Lipinski definition) is 11. The predicted octanol–water partition coefficient (Wildman–Crippen LogP) is 2.01. The van der Waals surface area contributed by atoms with Gasteiger partial charge in [-0.2, -0.15) is 0 Å². The molecule has 0 aromatic heterocycles. The van der Waals surface area contributed by atoms with Crippen molar-refractivity contribution in [1.82, 2.24) is 5.32 Å². The van der Waals surface area contributed by atoms with Gasteiger partial charge in [0.1, 0.15) is 30.1 Å². The largest absolute Gasteiger partial charge is 0.493 e. The molecule has 0 bridgehead atoms. The van der Waals surface area contributed by atoms with Gasteiger partial charge in [-0.15, -0.1) is 0 Å². The predicted molar refractivity (Wildman–Crippen MR) is 135 cm³/mol. The first-order valence-corrected chi connectivity index (χ1v) is 12.6. The van der Waals surface area contributed by atoms with Gasteiger partial charge in [-0.25, -0.2) is 4.79 Å². The number of hydrogen-bond donors (Lipinski definition) is 2. The molecule has 5 rings (SSSR count). The molecule has 2 N–H and O–H groups in total. The molecule has 216 valence electrons. The average Bonchev–Trinajstić information content (AvgIpc) is 3.41. The number of benzene rings is 2. The number of aliphatic carboxylic acids is 1. The van der Waals surface area contributed by atoms with Crippen molar-refractivity contribution in [3.63, 3.8) is 0 Å². The summed E-state index contributed by atoms with van der Waals surface area (Å²) in [6.07, 6.45) is -5.70. The molecule has 0 aliphatic carbocycles. The number of fused-ring (bicyclic) bond motifs is 2. The van der Waals surface area contributed by atoms with Crippen LogP contribution in [0.1, 0.15) is 25.7 Å². The number of carboxylic acids is 1. The Bertz CT molecular complexity index is 1240. The van der Waals surface area contributed by atoms with Crippen molar-refractivity contribution in [3.05, 3.63) is 42.0 Å². The first-order chi connectivity index (χ1) is 19.3. The van der Waals surface area contributed by atoms with E-state index in [1.807, 2.05) is 0 Å². The molecule has 1 amide bonds. The summed E-state index contributed by atoms with van der Waals surface area (Å²) in [6, 6.07) is 9.26. The summed E-state index contributed by atoms with van der Waals surface area (Å²) >= 11 is 0. The van der Waals surface area contributed by atoms with Gasteiger partial charge in [-0.3, -0.25) is 4.79 Å². The van der Waals surface area contributed by atoms with E-state index in [-0.39, 0.29) is 13.4 Å². The van der Waals surface area contributed by atoms with Crippen molar-refractivity contribution in [1.29, 1.82) is 0 Å². The lowest BCUT2D eigenvalue weighted by Gasteiger charge is -2.49. The minimum absolute atomic E-state index is 0.0682. The van der Waals surface area contributed by atoms with Gasteiger partial charge in [0.2, 0.25) is 19.0 Å². The maximum absolute atomic E-state index is 12.3. The number of amides is 1. The minimum atomic E-state index is -1.22. The van der Waals surface area contributed by atoms with Gasteiger partial charge in [-0.1, -0.05) is 6.07 Å². The minimum Gasteiger partial charge on any atom is -0.493 e. The third kappa shape index (κ3) is 5.72. The van der Waals surface area contributed by atoms with Crippen LogP contribution in [0.2, 0.25) is 0 Å². The molecule has 3 aliphatic rings. The molecule has 0 saturated carbocycles. The van der Waals surface area contributed by atoms with Crippen LogP contribution in [-0.2, 0) is 28.5 Å². The highest BCUT2D eigenvalue weighted by Gasteiger charge is 2.53. The molecule has 13 nitrogen and oxygen atoms in total. The van der Waals surface area contributed by atoms with Gasteiger partial charge >= 0.3 is 5.97 Å². The van der Waals surface area contributed by atoms with E-state index >= 15 is 0 Å². The molecule has 2 aromatic rings. The molecular formula is C27H31NO12. The topological polar surface area (TPSA) is 149 Å². The van der Waals surface area contributed by atoms with E-state index in [0.29, 0.717) is 34.3 Å². The van der Waals surface area contributed by atoms with E-state index in [1.165, 1.54) is 28.1 Å². The van der Waals surface area contributed by atoms with Crippen LogP contribution in [0.3, 0.4) is 0 Å². The zero-order valence-corrected chi connectivity index (χ0v) is 22.4. The number of rotatable bonds is 9. The van der Waals surface area contributed by atoms with E-state index in [4.69, 9.17) is 42.6 Å². The zero-order valence-electron chi connectivity index (χ0n) is 22.4. The highest BCUT2D eigenvalue weighted by molar-refractivity contribution is 5.73. The molecule has 13 heteroatoms. The van der Waals surface area contributed by atoms with Crippen LogP contribution >= 0.6 is 0 Å². The second kappa shape index (κ2) is 11.8. The average molecular weight is 562 g/mol. The zero-order chi connectivity index (χ0) is 28.4. The van der Waals surface area contributed by atoms with Crippen molar-refractivity contribution < 1.29 is 57.3 Å². The maximum atomic E-state index is 12.3. The summed E-state index contributed by atoms with van der Waals surface area (Å²) in [7, 11) is 3.05. The normalized spacial score (nSPS) is 27.7. The summed E-state index contributed by atoms with van der Waals surface area (Å²) in [5, 5.41) is 12.4. The van der Waals surface area contributed by atoms with Gasteiger partial charge in [-0.05, 0) is 31.2 Å². The molecule has 40 heavy (non-hydrogen) atoms. The van der Waals surface area contributed by atoms with Crippen molar-refractivity contribution >= 4 is 11.9 Å². The van der Waals surface area contributed by atoms with Crippen molar-refractivity contribution in [2.45, 2.75) is 56.9 Å². The van der Waals surface area contributed by atoms with E-state index in [2.05, 4.69) is 5.32 Å². The number of carbonyl (C=O) groups excluding carboxylic acids is 1. The third-order valence-corrected chi connectivity index (χ3v) is 6.69. The molecular weight excluding hydrogens is 530 g/mol. The second-order valence-electron chi connectivity index (χ2n) is 9.36. The van der Waals surface area contributed by atoms with Crippen molar-refractivity contribution in [2.75, 3.05) is 27.6 Å². The maximum Gasteiger partial charge on any atom is 0.332 e. The molecule has 0 spiro atoms. The Morgan fingerprint density at radius 3 is 2.52 bits per heavy atom. The first-order valence-electron chi connectivity index (χ1n) is 12.6.